The zero-order chi connectivity index (χ0) is 12.4. The second-order valence-corrected chi connectivity index (χ2v) is 5.12. The molecule has 0 saturated carbocycles. The molecule has 2 atom stereocenters. The Hall–Kier alpha value is -1.22. The Morgan fingerprint density at radius 1 is 1.47 bits per heavy atom. The molecule has 1 aliphatic heterocycles. The summed E-state index contributed by atoms with van der Waals surface area (Å²) in [4.78, 5) is 0. The van der Waals surface area contributed by atoms with Crippen molar-refractivity contribution in [1.82, 2.24) is 0 Å². The van der Waals surface area contributed by atoms with E-state index >= 15 is 0 Å². The molecule has 2 N–H and O–H groups in total. The number of hydrogen-bond acceptors (Lipinski definition) is 3. The Bertz CT molecular complexity index is 390. The molecule has 0 fully saturated rings. The van der Waals surface area contributed by atoms with Crippen molar-refractivity contribution in [2.24, 2.45) is 11.7 Å². The molecular weight excluding hydrogens is 214 g/mol. The van der Waals surface area contributed by atoms with Gasteiger partial charge < -0.3 is 15.2 Å². The zero-order valence-electron chi connectivity index (χ0n) is 10.8. The molecule has 0 spiro atoms. The number of fused-ring (bicyclic) bond motifs is 1. The van der Waals surface area contributed by atoms with Crippen LogP contribution in [0.5, 0.6) is 11.5 Å². The minimum Gasteiger partial charge on any atom is -0.497 e. The Kier molecular flexibility index (Phi) is 3.57. The normalized spacial score (nSPS) is 23.1. The number of ether oxygens (including phenoxy) is 2. The van der Waals surface area contributed by atoms with Gasteiger partial charge in [0, 0.05) is 24.1 Å². The van der Waals surface area contributed by atoms with Crippen molar-refractivity contribution in [3.63, 3.8) is 0 Å². The summed E-state index contributed by atoms with van der Waals surface area (Å²) in [5.41, 5.74) is 7.27. The van der Waals surface area contributed by atoms with Crippen LogP contribution in [-0.2, 0) is 0 Å². The van der Waals surface area contributed by atoms with E-state index in [1.807, 2.05) is 18.2 Å². The summed E-state index contributed by atoms with van der Waals surface area (Å²) >= 11 is 0. The minimum atomic E-state index is 0.0772. The molecule has 1 heterocycles. The average molecular weight is 235 g/mol. The maximum Gasteiger partial charge on any atom is 0.128 e. The first-order valence-electron chi connectivity index (χ1n) is 6.20. The van der Waals surface area contributed by atoms with Crippen molar-refractivity contribution in [3.05, 3.63) is 23.8 Å². The molecule has 0 amide bonds. The van der Waals surface area contributed by atoms with Gasteiger partial charge in [-0.05, 0) is 18.4 Å². The van der Waals surface area contributed by atoms with E-state index in [0.717, 1.165) is 29.9 Å². The lowest BCUT2D eigenvalue weighted by Gasteiger charge is -2.31. The number of rotatable bonds is 3. The third-order valence-corrected chi connectivity index (χ3v) is 3.16. The number of methoxy groups -OCH3 is 1. The fourth-order valence-electron chi connectivity index (χ4n) is 2.36. The molecule has 1 aliphatic rings. The van der Waals surface area contributed by atoms with Gasteiger partial charge in [-0.2, -0.15) is 0 Å². The Balaban J connectivity index is 2.21. The van der Waals surface area contributed by atoms with Gasteiger partial charge in [-0.15, -0.1) is 0 Å². The first-order valence-corrected chi connectivity index (χ1v) is 6.20. The summed E-state index contributed by atoms with van der Waals surface area (Å²) in [5, 5.41) is 0. The van der Waals surface area contributed by atoms with Crippen LogP contribution in [0.2, 0.25) is 0 Å². The highest BCUT2D eigenvalue weighted by Gasteiger charge is 2.26. The minimum absolute atomic E-state index is 0.0772. The molecule has 0 saturated heterocycles. The van der Waals surface area contributed by atoms with Gasteiger partial charge in [0.2, 0.25) is 0 Å². The van der Waals surface area contributed by atoms with E-state index in [1.165, 1.54) is 0 Å². The highest BCUT2D eigenvalue weighted by molar-refractivity contribution is 5.43. The molecule has 1 aromatic rings. The predicted molar refractivity (Wildman–Crippen MR) is 68.4 cm³/mol. The molecular formula is C14H21NO2. The molecule has 3 nitrogen and oxygen atoms in total. The first kappa shape index (κ1) is 12.2. The van der Waals surface area contributed by atoms with Crippen LogP contribution >= 0.6 is 0 Å². The molecule has 1 aromatic carbocycles. The summed E-state index contributed by atoms with van der Waals surface area (Å²) in [6.45, 7) is 4.41. The van der Waals surface area contributed by atoms with Crippen molar-refractivity contribution < 1.29 is 9.47 Å². The highest BCUT2D eigenvalue weighted by Crippen LogP contribution is 2.37. The van der Waals surface area contributed by atoms with Crippen LogP contribution < -0.4 is 15.2 Å². The third-order valence-electron chi connectivity index (χ3n) is 3.16. The van der Waals surface area contributed by atoms with E-state index < -0.39 is 0 Å². The van der Waals surface area contributed by atoms with E-state index in [9.17, 15) is 0 Å². The highest BCUT2D eigenvalue weighted by atomic mass is 16.5. The average Bonchev–Trinajstić information content (AvgIpc) is 2.27. The summed E-state index contributed by atoms with van der Waals surface area (Å²) in [6.07, 6.45) is 2.17. The lowest BCUT2D eigenvalue weighted by Crippen LogP contribution is -2.30. The molecule has 2 rings (SSSR count). The van der Waals surface area contributed by atoms with Gasteiger partial charge in [-0.25, -0.2) is 0 Å². The molecule has 0 bridgehead atoms. The van der Waals surface area contributed by atoms with Gasteiger partial charge in [-0.3, -0.25) is 0 Å². The summed E-state index contributed by atoms with van der Waals surface area (Å²) in [5.74, 6) is 2.33. The summed E-state index contributed by atoms with van der Waals surface area (Å²) < 4.78 is 11.2. The predicted octanol–water partition coefficient (Wildman–Crippen LogP) is 2.89. The van der Waals surface area contributed by atoms with E-state index in [0.29, 0.717) is 5.92 Å². The number of benzene rings is 1. The SMILES string of the molecule is COc1ccc2c(c1)OC(CC(C)C)C[C@H]2N. The fourth-order valence-corrected chi connectivity index (χ4v) is 2.36. The monoisotopic (exact) mass is 235 g/mol. The Morgan fingerprint density at radius 3 is 2.88 bits per heavy atom. The smallest absolute Gasteiger partial charge is 0.128 e. The van der Waals surface area contributed by atoms with Gasteiger partial charge in [0.1, 0.15) is 17.6 Å². The van der Waals surface area contributed by atoms with Crippen LogP contribution in [0.4, 0.5) is 0 Å². The Labute approximate surface area is 103 Å². The lowest BCUT2D eigenvalue weighted by molar-refractivity contribution is 0.136. The van der Waals surface area contributed by atoms with Crippen LogP contribution in [0.3, 0.4) is 0 Å². The van der Waals surface area contributed by atoms with E-state index in [2.05, 4.69) is 13.8 Å². The van der Waals surface area contributed by atoms with Crippen LogP contribution in [0.1, 0.15) is 38.3 Å². The van der Waals surface area contributed by atoms with Crippen LogP contribution in [0, 0.1) is 5.92 Å². The second kappa shape index (κ2) is 4.96. The standard InChI is InChI=1S/C14H21NO2/c1-9(2)6-11-7-13(15)12-5-4-10(16-3)8-14(12)17-11/h4-5,8-9,11,13H,6-7,15H2,1-3H3/t11?,13-/m1/s1. The van der Waals surface area contributed by atoms with Crippen molar-refractivity contribution in [2.75, 3.05) is 7.11 Å². The van der Waals surface area contributed by atoms with Crippen LogP contribution in [0.15, 0.2) is 18.2 Å². The van der Waals surface area contributed by atoms with Crippen LogP contribution in [-0.4, -0.2) is 13.2 Å². The van der Waals surface area contributed by atoms with Gasteiger partial charge in [0.15, 0.2) is 0 Å². The van der Waals surface area contributed by atoms with Crippen molar-refractivity contribution in [2.45, 2.75) is 38.8 Å². The van der Waals surface area contributed by atoms with Gasteiger partial charge in [0.25, 0.3) is 0 Å². The summed E-state index contributed by atoms with van der Waals surface area (Å²) in [6, 6.07) is 5.95. The maximum atomic E-state index is 6.18. The second-order valence-electron chi connectivity index (χ2n) is 5.12. The largest absolute Gasteiger partial charge is 0.497 e. The van der Waals surface area contributed by atoms with Crippen molar-refractivity contribution in [1.29, 1.82) is 0 Å². The molecule has 0 aliphatic carbocycles. The molecule has 1 unspecified atom stereocenters. The van der Waals surface area contributed by atoms with Gasteiger partial charge in [0.05, 0.1) is 7.11 Å². The molecule has 0 aromatic heterocycles. The maximum absolute atomic E-state index is 6.18. The summed E-state index contributed by atoms with van der Waals surface area (Å²) in [7, 11) is 1.66. The topological polar surface area (TPSA) is 44.5 Å². The zero-order valence-corrected chi connectivity index (χ0v) is 10.8. The van der Waals surface area contributed by atoms with E-state index in [4.69, 9.17) is 15.2 Å². The fraction of sp³-hybridized carbons (Fsp3) is 0.571. The van der Waals surface area contributed by atoms with Crippen molar-refractivity contribution >= 4 is 0 Å². The number of nitrogens with two attached hydrogens (primary N) is 1. The van der Waals surface area contributed by atoms with E-state index in [-0.39, 0.29) is 12.1 Å². The van der Waals surface area contributed by atoms with E-state index in [1.54, 1.807) is 7.11 Å². The quantitative estimate of drug-likeness (QED) is 0.876. The molecule has 3 heteroatoms. The molecule has 0 radical (unpaired) electrons. The Morgan fingerprint density at radius 2 is 2.24 bits per heavy atom. The number of hydrogen-bond donors (Lipinski definition) is 1. The first-order chi connectivity index (χ1) is 8.10. The van der Waals surface area contributed by atoms with Gasteiger partial charge in [-0.1, -0.05) is 19.9 Å². The van der Waals surface area contributed by atoms with Crippen LogP contribution in [0.25, 0.3) is 0 Å². The lowest BCUT2D eigenvalue weighted by atomic mass is 9.93. The third kappa shape index (κ3) is 2.72. The molecule has 94 valence electrons. The van der Waals surface area contributed by atoms with Crippen molar-refractivity contribution in [3.8, 4) is 11.5 Å². The molecule has 17 heavy (non-hydrogen) atoms. The van der Waals surface area contributed by atoms with Gasteiger partial charge >= 0.3 is 0 Å².